The topological polar surface area (TPSA) is 98.2 Å². The van der Waals surface area contributed by atoms with E-state index in [1.54, 1.807) is 48.9 Å². The van der Waals surface area contributed by atoms with Crippen LogP contribution in [0.25, 0.3) is 21.8 Å². The summed E-state index contributed by atoms with van der Waals surface area (Å²) in [5, 5.41) is 4.77. The third-order valence-electron chi connectivity index (χ3n) is 4.70. The number of anilines is 2. The highest BCUT2D eigenvalue weighted by molar-refractivity contribution is 6.39. The number of aryl methyl sites for hydroxylation is 2. The Morgan fingerprint density at radius 3 is 2.57 bits per heavy atom. The molecule has 0 aliphatic rings. The lowest BCUT2D eigenvalue weighted by Crippen LogP contribution is -2.15. The Kier molecular flexibility index (Phi) is 5.05. The number of hydrogen-bond donors (Lipinski definition) is 2. The number of rotatable bonds is 3. The van der Waals surface area contributed by atoms with Gasteiger partial charge >= 0.3 is 6.16 Å². The van der Waals surface area contributed by atoms with Crippen molar-refractivity contribution in [3.05, 3.63) is 56.4 Å². The second-order valence-electron chi connectivity index (χ2n) is 6.54. The number of H-pyrrole nitrogens is 1. The van der Waals surface area contributed by atoms with Crippen LogP contribution in [0.15, 0.2) is 35.1 Å². The van der Waals surface area contributed by atoms with Gasteiger partial charge < -0.3 is 24.3 Å². The third-order valence-corrected chi connectivity index (χ3v) is 5.33. The number of ether oxygens (including phenoxy) is 2. The smallest absolute Gasteiger partial charge is 0.437 e. The zero-order valence-corrected chi connectivity index (χ0v) is 17.7. The molecule has 30 heavy (non-hydrogen) atoms. The van der Waals surface area contributed by atoms with E-state index in [0.717, 1.165) is 0 Å². The van der Waals surface area contributed by atoms with E-state index in [0.29, 0.717) is 49.2 Å². The fourth-order valence-corrected chi connectivity index (χ4v) is 3.80. The molecular formula is C20H16Cl2N4O4. The van der Waals surface area contributed by atoms with Crippen LogP contribution in [0.3, 0.4) is 0 Å². The third kappa shape index (κ3) is 3.24. The summed E-state index contributed by atoms with van der Waals surface area (Å²) in [4.78, 5) is 31.8. The van der Waals surface area contributed by atoms with Crippen molar-refractivity contribution >= 4 is 62.8 Å². The van der Waals surface area contributed by atoms with Gasteiger partial charge in [-0.15, -0.1) is 0 Å². The molecule has 2 aromatic carbocycles. The number of aromatic nitrogens is 3. The Balaban J connectivity index is 1.96. The van der Waals surface area contributed by atoms with Crippen LogP contribution >= 0.6 is 23.2 Å². The lowest BCUT2D eigenvalue weighted by molar-refractivity contribution is 0.121. The number of imidazole rings is 1. The molecule has 0 radical (unpaired) electrons. The molecule has 0 spiro atoms. The van der Waals surface area contributed by atoms with Crippen molar-refractivity contribution in [3.63, 3.8) is 0 Å². The number of nitrogens with one attached hydrogen (secondary N) is 2. The van der Waals surface area contributed by atoms with E-state index >= 15 is 0 Å². The monoisotopic (exact) mass is 446 g/mol. The molecule has 0 atom stereocenters. The fraction of sp³-hybridized carbons (Fsp3) is 0.150. The van der Waals surface area contributed by atoms with Crippen LogP contribution in [-0.2, 0) is 11.8 Å². The quantitative estimate of drug-likeness (QED) is 0.433. The lowest BCUT2D eigenvalue weighted by Gasteiger charge is -2.11. The van der Waals surface area contributed by atoms with Crippen molar-refractivity contribution in [2.75, 3.05) is 12.4 Å². The van der Waals surface area contributed by atoms with E-state index in [1.165, 1.54) is 7.11 Å². The van der Waals surface area contributed by atoms with Gasteiger partial charge in [-0.2, -0.15) is 0 Å². The Morgan fingerprint density at radius 1 is 1.20 bits per heavy atom. The normalized spacial score (nSPS) is 11.1. The predicted molar refractivity (Wildman–Crippen MR) is 116 cm³/mol. The van der Waals surface area contributed by atoms with E-state index < -0.39 is 6.16 Å². The Labute approximate surface area is 180 Å². The number of halogens is 2. The summed E-state index contributed by atoms with van der Waals surface area (Å²) in [6.45, 7) is 1.64. The SMILES string of the molecule is COC(=O)Oc1c(C)[nH]c(=O)c2c1ccc1nc(Nc3c(Cl)cccc3Cl)n(C)c12. The number of carbonyl (C=O) groups excluding carboxylic acids is 1. The first-order chi connectivity index (χ1) is 14.3. The average molecular weight is 447 g/mol. The van der Waals surface area contributed by atoms with Gasteiger partial charge in [0.2, 0.25) is 5.95 Å². The number of benzene rings is 2. The van der Waals surface area contributed by atoms with Gasteiger partial charge in [0, 0.05) is 12.4 Å². The summed E-state index contributed by atoms with van der Waals surface area (Å²) >= 11 is 12.5. The maximum atomic E-state index is 12.8. The number of methoxy groups -OCH3 is 1. The molecule has 2 N–H and O–H groups in total. The molecular weight excluding hydrogens is 431 g/mol. The van der Waals surface area contributed by atoms with Gasteiger partial charge in [0.15, 0.2) is 5.75 Å². The first kappa shape index (κ1) is 20.1. The van der Waals surface area contributed by atoms with Crippen molar-refractivity contribution in [1.82, 2.24) is 14.5 Å². The number of para-hydroxylation sites is 1. The number of aromatic amines is 1. The number of carbonyl (C=O) groups is 1. The molecule has 10 heteroatoms. The molecule has 0 amide bonds. The molecule has 0 aliphatic carbocycles. The van der Waals surface area contributed by atoms with Crippen LogP contribution in [0.2, 0.25) is 10.0 Å². The molecule has 0 bridgehead atoms. The number of nitrogens with zero attached hydrogens (tertiary/aromatic N) is 2. The van der Waals surface area contributed by atoms with Crippen molar-refractivity contribution in [1.29, 1.82) is 0 Å². The van der Waals surface area contributed by atoms with Crippen molar-refractivity contribution in [2.45, 2.75) is 6.92 Å². The highest BCUT2D eigenvalue weighted by Gasteiger charge is 2.20. The van der Waals surface area contributed by atoms with Gasteiger partial charge in [-0.05, 0) is 31.2 Å². The van der Waals surface area contributed by atoms with E-state index in [-0.39, 0.29) is 11.3 Å². The molecule has 4 rings (SSSR count). The van der Waals surface area contributed by atoms with Crippen LogP contribution < -0.4 is 15.6 Å². The van der Waals surface area contributed by atoms with E-state index in [4.69, 9.17) is 27.9 Å². The summed E-state index contributed by atoms with van der Waals surface area (Å²) < 4.78 is 11.6. The van der Waals surface area contributed by atoms with Crippen molar-refractivity contribution < 1.29 is 14.3 Å². The zero-order valence-electron chi connectivity index (χ0n) is 16.2. The largest absolute Gasteiger partial charge is 0.513 e. The van der Waals surface area contributed by atoms with Gasteiger partial charge in [0.05, 0.1) is 45.0 Å². The zero-order chi connectivity index (χ0) is 21.6. The summed E-state index contributed by atoms with van der Waals surface area (Å²) in [5.41, 5.74) is 1.68. The van der Waals surface area contributed by atoms with Gasteiger partial charge in [-0.3, -0.25) is 4.79 Å². The molecule has 4 aromatic rings. The van der Waals surface area contributed by atoms with Crippen LogP contribution in [0, 0.1) is 6.92 Å². The first-order valence-electron chi connectivity index (χ1n) is 8.80. The van der Waals surface area contributed by atoms with Crippen LogP contribution in [-0.4, -0.2) is 27.8 Å². The van der Waals surface area contributed by atoms with Gasteiger partial charge in [-0.1, -0.05) is 29.3 Å². The van der Waals surface area contributed by atoms with Crippen molar-refractivity contribution in [3.8, 4) is 5.75 Å². The van der Waals surface area contributed by atoms with Crippen LogP contribution in [0.1, 0.15) is 5.69 Å². The minimum atomic E-state index is -0.882. The number of fused-ring (bicyclic) bond motifs is 3. The number of hydrogen-bond acceptors (Lipinski definition) is 6. The Hall–Kier alpha value is -3.23. The average Bonchev–Trinajstić information content (AvgIpc) is 3.03. The standard InChI is InChI=1S/C20H16Cl2N4O4/c1-9-17(30-20(28)29-3)10-7-8-13-16(14(10)18(27)23-9)26(2)19(24-13)25-15-11(21)5-4-6-12(15)22/h4-8H,1-3H3,(H,23,27)(H,24,25). The van der Waals surface area contributed by atoms with Crippen molar-refractivity contribution in [2.24, 2.45) is 7.05 Å². The minimum absolute atomic E-state index is 0.211. The van der Waals surface area contributed by atoms with Gasteiger partial charge in [-0.25, -0.2) is 9.78 Å². The minimum Gasteiger partial charge on any atom is -0.437 e. The lowest BCUT2D eigenvalue weighted by atomic mass is 10.1. The first-order valence-corrected chi connectivity index (χ1v) is 9.56. The maximum absolute atomic E-state index is 12.8. The van der Waals surface area contributed by atoms with Crippen LogP contribution in [0.5, 0.6) is 5.75 Å². The molecule has 0 saturated carbocycles. The summed E-state index contributed by atoms with van der Waals surface area (Å²) in [7, 11) is 2.96. The molecule has 2 aromatic heterocycles. The fourth-order valence-electron chi connectivity index (χ4n) is 3.31. The summed E-state index contributed by atoms with van der Waals surface area (Å²) in [6, 6.07) is 8.57. The second-order valence-corrected chi connectivity index (χ2v) is 7.35. The molecule has 8 nitrogen and oxygen atoms in total. The summed E-state index contributed by atoms with van der Waals surface area (Å²) in [6.07, 6.45) is -0.882. The second kappa shape index (κ2) is 7.55. The highest BCUT2D eigenvalue weighted by atomic mass is 35.5. The molecule has 0 aliphatic heterocycles. The Bertz CT molecular complexity index is 1360. The molecule has 0 fully saturated rings. The van der Waals surface area contributed by atoms with Crippen LogP contribution in [0.4, 0.5) is 16.4 Å². The summed E-state index contributed by atoms with van der Waals surface area (Å²) in [5.74, 6) is 0.645. The molecule has 154 valence electrons. The Morgan fingerprint density at radius 2 is 1.90 bits per heavy atom. The highest BCUT2D eigenvalue weighted by Crippen LogP contribution is 2.35. The van der Waals surface area contributed by atoms with E-state index in [2.05, 4.69) is 20.0 Å². The molecule has 0 unspecified atom stereocenters. The number of pyridine rings is 1. The predicted octanol–water partition coefficient (Wildman–Crippen LogP) is 4.92. The van der Waals surface area contributed by atoms with E-state index in [9.17, 15) is 9.59 Å². The van der Waals surface area contributed by atoms with E-state index in [1.807, 2.05) is 0 Å². The molecule has 0 saturated heterocycles. The molecule has 2 heterocycles. The van der Waals surface area contributed by atoms with Gasteiger partial charge in [0.1, 0.15) is 0 Å². The maximum Gasteiger partial charge on any atom is 0.513 e. The van der Waals surface area contributed by atoms with Gasteiger partial charge in [0.25, 0.3) is 5.56 Å².